The molecule has 2 rings (SSSR count). The smallest absolute Gasteiger partial charge is 0.138 e. The fourth-order valence-electron chi connectivity index (χ4n) is 1.35. The van der Waals surface area contributed by atoms with E-state index in [1.165, 1.54) is 23.9 Å². The van der Waals surface area contributed by atoms with Crippen molar-refractivity contribution in [3.05, 3.63) is 50.7 Å². The Morgan fingerprint density at radius 3 is 2.28 bits per heavy atom. The van der Waals surface area contributed by atoms with Gasteiger partial charge in [0.1, 0.15) is 5.82 Å². The van der Waals surface area contributed by atoms with Gasteiger partial charge in [0.05, 0.1) is 4.47 Å². The van der Waals surface area contributed by atoms with Crippen LogP contribution in [0.2, 0.25) is 10.0 Å². The standard InChI is InChI=1S/C12H7BrCl2FNS/c13-9-4-11(17)12(5-10(9)16)18-8-2-6(14)1-7(15)3-8/h1-5H,17H2. The van der Waals surface area contributed by atoms with Gasteiger partial charge in [-0.15, -0.1) is 0 Å². The molecule has 0 heterocycles. The third-order valence-corrected chi connectivity index (χ3v) is 4.21. The van der Waals surface area contributed by atoms with Gasteiger partial charge in [-0.1, -0.05) is 35.0 Å². The third-order valence-electron chi connectivity index (χ3n) is 2.12. The number of benzene rings is 2. The van der Waals surface area contributed by atoms with Gasteiger partial charge >= 0.3 is 0 Å². The molecule has 0 aliphatic rings. The molecule has 6 heteroatoms. The maximum atomic E-state index is 13.5. The monoisotopic (exact) mass is 365 g/mol. The van der Waals surface area contributed by atoms with Crippen molar-refractivity contribution in [2.45, 2.75) is 9.79 Å². The highest BCUT2D eigenvalue weighted by Crippen LogP contribution is 2.37. The van der Waals surface area contributed by atoms with Gasteiger partial charge in [0.25, 0.3) is 0 Å². The predicted octanol–water partition coefficient (Wildman–Crippen LogP) is 5.63. The van der Waals surface area contributed by atoms with E-state index < -0.39 is 0 Å². The molecule has 0 radical (unpaired) electrons. The van der Waals surface area contributed by atoms with Crippen LogP contribution >= 0.6 is 50.9 Å². The molecular formula is C12H7BrCl2FNS. The maximum absolute atomic E-state index is 13.5. The summed E-state index contributed by atoms with van der Waals surface area (Å²) in [6.07, 6.45) is 0. The van der Waals surface area contributed by atoms with Crippen molar-refractivity contribution in [3.8, 4) is 0 Å². The predicted molar refractivity (Wildman–Crippen MR) is 79.1 cm³/mol. The fourth-order valence-corrected chi connectivity index (χ4v) is 3.33. The van der Waals surface area contributed by atoms with Gasteiger partial charge in [0.15, 0.2) is 0 Å². The first-order valence-electron chi connectivity index (χ1n) is 4.84. The van der Waals surface area contributed by atoms with Crippen LogP contribution < -0.4 is 5.73 Å². The summed E-state index contributed by atoms with van der Waals surface area (Å²) in [5.41, 5.74) is 6.32. The molecule has 94 valence electrons. The normalized spacial score (nSPS) is 10.7. The van der Waals surface area contributed by atoms with Gasteiger partial charge in [0, 0.05) is 25.5 Å². The molecule has 0 aromatic heterocycles. The van der Waals surface area contributed by atoms with Crippen LogP contribution in [0.15, 0.2) is 44.6 Å². The lowest BCUT2D eigenvalue weighted by molar-refractivity contribution is 0.618. The number of nitrogen functional groups attached to an aromatic ring is 1. The summed E-state index contributed by atoms with van der Waals surface area (Å²) in [6, 6.07) is 8.04. The van der Waals surface area contributed by atoms with E-state index >= 15 is 0 Å². The van der Waals surface area contributed by atoms with E-state index in [-0.39, 0.29) is 5.82 Å². The highest BCUT2D eigenvalue weighted by molar-refractivity contribution is 9.10. The number of halogens is 4. The van der Waals surface area contributed by atoms with E-state index in [0.29, 0.717) is 25.1 Å². The molecule has 0 unspecified atom stereocenters. The molecule has 0 bridgehead atoms. The Labute approximate surface area is 127 Å². The number of hydrogen-bond acceptors (Lipinski definition) is 2. The highest BCUT2D eigenvalue weighted by Gasteiger charge is 2.08. The zero-order chi connectivity index (χ0) is 13.3. The molecular weight excluding hydrogens is 360 g/mol. The van der Waals surface area contributed by atoms with Gasteiger partial charge < -0.3 is 5.73 Å². The van der Waals surface area contributed by atoms with Crippen LogP contribution in [-0.2, 0) is 0 Å². The summed E-state index contributed by atoms with van der Waals surface area (Å²) in [5.74, 6) is -0.361. The van der Waals surface area contributed by atoms with E-state index in [9.17, 15) is 4.39 Å². The Hall–Kier alpha value is -0.420. The summed E-state index contributed by atoms with van der Waals surface area (Å²) in [6.45, 7) is 0. The van der Waals surface area contributed by atoms with Gasteiger partial charge in [-0.25, -0.2) is 4.39 Å². The fraction of sp³-hybridized carbons (Fsp3) is 0. The van der Waals surface area contributed by atoms with E-state index in [4.69, 9.17) is 28.9 Å². The first-order chi connectivity index (χ1) is 8.45. The second-order valence-electron chi connectivity index (χ2n) is 3.51. The third kappa shape index (κ3) is 3.32. The van der Waals surface area contributed by atoms with E-state index in [0.717, 1.165) is 4.90 Å². The summed E-state index contributed by atoms with van der Waals surface area (Å²) in [7, 11) is 0. The average Bonchev–Trinajstić information content (AvgIpc) is 2.24. The molecule has 0 aliphatic carbocycles. The summed E-state index contributed by atoms with van der Waals surface area (Å²) in [5, 5.41) is 1.06. The van der Waals surface area contributed by atoms with Crippen molar-refractivity contribution >= 4 is 56.6 Å². The zero-order valence-corrected chi connectivity index (χ0v) is 12.8. The molecule has 2 N–H and O–H groups in total. The van der Waals surface area contributed by atoms with Crippen molar-refractivity contribution < 1.29 is 4.39 Å². The Balaban J connectivity index is 2.36. The Bertz CT molecular complexity index is 587. The topological polar surface area (TPSA) is 26.0 Å². The number of rotatable bonds is 2. The molecule has 0 fully saturated rings. The molecule has 0 saturated carbocycles. The Morgan fingerprint density at radius 1 is 1.06 bits per heavy atom. The maximum Gasteiger partial charge on any atom is 0.138 e. The van der Waals surface area contributed by atoms with Crippen LogP contribution in [0, 0.1) is 5.82 Å². The largest absolute Gasteiger partial charge is 0.398 e. The molecule has 0 atom stereocenters. The number of hydrogen-bond donors (Lipinski definition) is 1. The quantitative estimate of drug-likeness (QED) is 0.697. The molecule has 0 saturated heterocycles. The zero-order valence-electron chi connectivity index (χ0n) is 8.88. The van der Waals surface area contributed by atoms with Crippen LogP contribution in [0.25, 0.3) is 0 Å². The SMILES string of the molecule is Nc1cc(Br)c(F)cc1Sc1cc(Cl)cc(Cl)c1. The summed E-state index contributed by atoms with van der Waals surface area (Å²) in [4.78, 5) is 1.43. The van der Waals surface area contributed by atoms with Crippen molar-refractivity contribution in [1.82, 2.24) is 0 Å². The lowest BCUT2D eigenvalue weighted by Crippen LogP contribution is -1.91. The van der Waals surface area contributed by atoms with Crippen molar-refractivity contribution in [3.63, 3.8) is 0 Å². The van der Waals surface area contributed by atoms with Gasteiger partial charge in [-0.2, -0.15) is 0 Å². The lowest BCUT2D eigenvalue weighted by atomic mass is 10.3. The van der Waals surface area contributed by atoms with Crippen LogP contribution in [0.3, 0.4) is 0 Å². The molecule has 2 aromatic carbocycles. The molecule has 0 aliphatic heterocycles. The highest BCUT2D eigenvalue weighted by atomic mass is 79.9. The van der Waals surface area contributed by atoms with Crippen LogP contribution in [0.5, 0.6) is 0 Å². The van der Waals surface area contributed by atoms with Crippen LogP contribution in [-0.4, -0.2) is 0 Å². The summed E-state index contributed by atoms with van der Waals surface area (Å²) < 4.78 is 13.8. The van der Waals surface area contributed by atoms with Gasteiger partial charge in [-0.05, 0) is 46.3 Å². The lowest BCUT2D eigenvalue weighted by Gasteiger charge is -2.07. The van der Waals surface area contributed by atoms with Crippen molar-refractivity contribution in [1.29, 1.82) is 0 Å². The minimum atomic E-state index is -0.361. The summed E-state index contributed by atoms with van der Waals surface area (Å²) >= 11 is 16.2. The average molecular weight is 367 g/mol. The first-order valence-corrected chi connectivity index (χ1v) is 7.21. The van der Waals surface area contributed by atoms with Crippen molar-refractivity contribution in [2.75, 3.05) is 5.73 Å². The second kappa shape index (κ2) is 5.70. The molecule has 0 amide bonds. The van der Waals surface area contributed by atoms with E-state index in [1.54, 1.807) is 18.2 Å². The van der Waals surface area contributed by atoms with Crippen molar-refractivity contribution in [2.24, 2.45) is 0 Å². The second-order valence-corrected chi connectivity index (χ2v) is 6.35. The van der Waals surface area contributed by atoms with E-state index in [1.807, 2.05) is 0 Å². The van der Waals surface area contributed by atoms with Gasteiger partial charge in [0.2, 0.25) is 0 Å². The Morgan fingerprint density at radius 2 is 1.67 bits per heavy atom. The molecule has 0 spiro atoms. The number of nitrogens with two attached hydrogens (primary N) is 1. The molecule has 2 aromatic rings. The van der Waals surface area contributed by atoms with Crippen LogP contribution in [0.4, 0.5) is 10.1 Å². The van der Waals surface area contributed by atoms with Crippen LogP contribution in [0.1, 0.15) is 0 Å². The van der Waals surface area contributed by atoms with E-state index in [2.05, 4.69) is 15.9 Å². The minimum Gasteiger partial charge on any atom is -0.398 e. The molecule has 1 nitrogen and oxygen atoms in total. The first kappa shape index (κ1) is 14.0. The Kier molecular flexibility index (Phi) is 4.43. The number of anilines is 1. The minimum absolute atomic E-state index is 0.341. The molecule has 18 heavy (non-hydrogen) atoms. The van der Waals surface area contributed by atoms with Gasteiger partial charge in [-0.3, -0.25) is 0 Å².